The van der Waals surface area contributed by atoms with Crippen molar-refractivity contribution in [2.45, 2.75) is 25.5 Å². The lowest BCUT2D eigenvalue weighted by molar-refractivity contribution is -0.141. The van der Waals surface area contributed by atoms with E-state index in [1.54, 1.807) is 12.1 Å². The van der Waals surface area contributed by atoms with E-state index in [4.69, 9.17) is 5.11 Å². The minimum atomic E-state index is -1.36. The third kappa shape index (κ3) is 5.23. The Hall–Kier alpha value is -2.15. The highest BCUT2D eigenvalue weighted by Crippen LogP contribution is 2.02. The van der Waals surface area contributed by atoms with Crippen LogP contribution in [0.3, 0.4) is 0 Å². The highest BCUT2D eigenvalue weighted by atomic mass is 19.1. The third-order valence-electron chi connectivity index (χ3n) is 2.65. The molecule has 0 bridgehead atoms. The lowest BCUT2D eigenvalue weighted by atomic mass is 10.1. The van der Waals surface area contributed by atoms with Crippen molar-refractivity contribution in [3.8, 4) is 0 Å². The number of urea groups is 1. The largest absolute Gasteiger partial charge is 0.480 e. The van der Waals surface area contributed by atoms with Gasteiger partial charge in [-0.3, -0.25) is 0 Å². The van der Waals surface area contributed by atoms with Gasteiger partial charge in [-0.05, 0) is 31.0 Å². The fraction of sp³-hybridized carbons (Fsp3) is 0.385. The number of hydrogen-bond acceptors (Lipinski definition) is 3. The highest BCUT2D eigenvalue weighted by molar-refractivity contribution is 5.82. The lowest BCUT2D eigenvalue weighted by Gasteiger charge is -2.17. The normalized spacial score (nSPS) is 13.3. The number of benzene rings is 1. The molecule has 0 aromatic heterocycles. The van der Waals surface area contributed by atoms with E-state index in [9.17, 15) is 19.1 Å². The summed E-state index contributed by atoms with van der Waals surface area (Å²) in [7, 11) is 0. The van der Waals surface area contributed by atoms with Gasteiger partial charge < -0.3 is 20.8 Å². The Morgan fingerprint density at radius 3 is 2.40 bits per heavy atom. The molecule has 0 aliphatic rings. The van der Waals surface area contributed by atoms with Gasteiger partial charge in [-0.15, -0.1) is 0 Å². The summed E-state index contributed by atoms with van der Waals surface area (Å²) in [5.41, 5.74) is 0.844. The van der Waals surface area contributed by atoms with Crippen LogP contribution >= 0.6 is 0 Å². The van der Waals surface area contributed by atoms with Crippen LogP contribution in [-0.4, -0.2) is 40.9 Å². The van der Waals surface area contributed by atoms with Crippen molar-refractivity contribution in [1.29, 1.82) is 0 Å². The van der Waals surface area contributed by atoms with E-state index in [1.165, 1.54) is 19.1 Å². The quantitative estimate of drug-likeness (QED) is 0.611. The Balaban J connectivity index is 2.36. The first kappa shape index (κ1) is 15.9. The summed E-state index contributed by atoms with van der Waals surface area (Å²) in [6.45, 7) is 1.54. The SMILES string of the molecule is C[C@@H](O)[C@H](NC(=O)NCCc1ccc(F)cc1)C(=O)O. The zero-order chi connectivity index (χ0) is 15.1. The van der Waals surface area contributed by atoms with Gasteiger partial charge in [0.25, 0.3) is 0 Å². The van der Waals surface area contributed by atoms with Crippen molar-refractivity contribution in [3.05, 3.63) is 35.6 Å². The molecule has 0 heterocycles. The maximum Gasteiger partial charge on any atom is 0.328 e. The molecule has 0 aliphatic carbocycles. The van der Waals surface area contributed by atoms with Gasteiger partial charge in [0.05, 0.1) is 6.10 Å². The monoisotopic (exact) mass is 284 g/mol. The van der Waals surface area contributed by atoms with Gasteiger partial charge in [-0.1, -0.05) is 12.1 Å². The number of amides is 2. The molecule has 2 atom stereocenters. The fourth-order valence-corrected chi connectivity index (χ4v) is 1.55. The number of halogens is 1. The number of aliphatic hydroxyl groups excluding tert-OH is 1. The molecule has 1 aromatic rings. The third-order valence-corrected chi connectivity index (χ3v) is 2.65. The summed E-state index contributed by atoms with van der Waals surface area (Å²) in [5, 5.41) is 22.6. The predicted octanol–water partition coefficient (Wildman–Crippen LogP) is 0.501. The molecular formula is C13H17FN2O4. The average Bonchev–Trinajstić information content (AvgIpc) is 2.37. The molecule has 0 saturated heterocycles. The molecule has 1 rings (SSSR count). The van der Waals surface area contributed by atoms with Crippen LogP contribution in [0.25, 0.3) is 0 Å². The fourth-order valence-electron chi connectivity index (χ4n) is 1.55. The van der Waals surface area contributed by atoms with E-state index >= 15 is 0 Å². The van der Waals surface area contributed by atoms with Gasteiger partial charge >= 0.3 is 12.0 Å². The van der Waals surface area contributed by atoms with E-state index in [0.717, 1.165) is 5.56 Å². The molecule has 7 heteroatoms. The van der Waals surface area contributed by atoms with Crippen LogP contribution in [0.5, 0.6) is 0 Å². The molecule has 1 aromatic carbocycles. The smallest absolute Gasteiger partial charge is 0.328 e. The predicted molar refractivity (Wildman–Crippen MR) is 69.7 cm³/mol. The van der Waals surface area contributed by atoms with Crippen molar-refractivity contribution in [1.82, 2.24) is 10.6 Å². The highest BCUT2D eigenvalue weighted by Gasteiger charge is 2.24. The Morgan fingerprint density at radius 2 is 1.90 bits per heavy atom. The van der Waals surface area contributed by atoms with Crippen LogP contribution < -0.4 is 10.6 Å². The zero-order valence-electron chi connectivity index (χ0n) is 11.0. The van der Waals surface area contributed by atoms with Crippen LogP contribution in [0.15, 0.2) is 24.3 Å². The second-order valence-corrected chi connectivity index (χ2v) is 4.33. The first-order valence-electron chi connectivity index (χ1n) is 6.10. The van der Waals surface area contributed by atoms with Crippen molar-refractivity contribution >= 4 is 12.0 Å². The molecule has 0 spiro atoms. The number of hydrogen-bond donors (Lipinski definition) is 4. The maximum atomic E-state index is 12.7. The van der Waals surface area contributed by atoms with Crippen molar-refractivity contribution < 1.29 is 24.2 Å². The van der Waals surface area contributed by atoms with E-state index in [1.807, 2.05) is 0 Å². The summed E-state index contributed by atoms with van der Waals surface area (Å²) in [6, 6.07) is 3.81. The molecule has 4 N–H and O–H groups in total. The van der Waals surface area contributed by atoms with E-state index < -0.39 is 24.1 Å². The first-order chi connectivity index (χ1) is 9.40. The Labute approximate surface area is 115 Å². The van der Waals surface area contributed by atoms with Crippen molar-refractivity contribution in [2.75, 3.05) is 6.54 Å². The lowest BCUT2D eigenvalue weighted by Crippen LogP contribution is -2.51. The molecule has 20 heavy (non-hydrogen) atoms. The number of carbonyl (C=O) groups is 2. The molecule has 2 amide bonds. The second-order valence-electron chi connectivity index (χ2n) is 4.33. The van der Waals surface area contributed by atoms with E-state index in [-0.39, 0.29) is 12.4 Å². The standard InChI is InChI=1S/C13H17FN2O4/c1-8(17)11(12(18)19)16-13(20)15-7-6-9-2-4-10(14)5-3-9/h2-5,8,11,17H,6-7H2,1H3,(H,18,19)(H2,15,16,20)/t8-,11+/m1/s1. The number of carbonyl (C=O) groups excluding carboxylic acids is 1. The molecule has 0 fully saturated rings. The zero-order valence-corrected chi connectivity index (χ0v) is 11.0. The summed E-state index contributed by atoms with van der Waals surface area (Å²) in [6.07, 6.45) is -0.713. The first-order valence-corrected chi connectivity index (χ1v) is 6.10. The summed E-state index contributed by atoms with van der Waals surface area (Å²) in [4.78, 5) is 22.2. The minimum Gasteiger partial charge on any atom is -0.480 e. The second kappa shape index (κ2) is 7.44. The van der Waals surface area contributed by atoms with Gasteiger partial charge in [0.15, 0.2) is 6.04 Å². The van der Waals surface area contributed by atoms with Gasteiger partial charge in [0, 0.05) is 6.54 Å². The number of carboxylic acid groups (broad SMARTS) is 1. The number of carboxylic acids is 1. The topological polar surface area (TPSA) is 98.7 Å². The van der Waals surface area contributed by atoms with Crippen LogP contribution in [0, 0.1) is 5.82 Å². The van der Waals surface area contributed by atoms with Crippen molar-refractivity contribution in [2.24, 2.45) is 0 Å². The van der Waals surface area contributed by atoms with Crippen LogP contribution in [-0.2, 0) is 11.2 Å². The summed E-state index contributed by atoms with van der Waals surface area (Å²) >= 11 is 0. The van der Waals surface area contributed by atoms with Crippen molar-refractivity contribution in [3.63, 3.8) is 0 Å². The minimum absolute atomic E-state index is 0.267. The number of nitrogens with one attached hydrogen (secondary N) is 2. The molecule has 0 radical (unpaired) electrons. The van der Waals surface area contributed by atoms with Crippen LogP contribution in [0.4, 0.5) is 9.18 Å². The average molecular weight is 284 g/mol. The van der Waals surface area contributed by atoms with Crippen LogP contribution in [0.2, 0.25) is 0 Å². The van der Waals surface area contributed by atoms with Gasteiger partial charge in [0.2, 0.25) is 0 Å². The molecule has 0 saturated carbocycles. The van der Waals surface area contributed by atoms with E-state index in [2.05, 4.69) is 10.6 Å². The van der Waals surface area contributed by atoms with Gasteiger partial charge in [-0.2, -0.15) is 0 Å². The van der Waals surface area contributed by atoms with E-state index in [0.29, 0.717) is 6.42 Å². The molecule has 6 nitrogen and oxygen atoms in total. The Kier molecular flexibility index (Phi) is 5.92. The van der Waals surface area contributed by atoms with Gasteiger partial charge in [0.1, 0.15) is 5.82 Å². The number of aliphatic carboxylic acids is 1. The molecular weight excluding hydrogens is 267 g/mol. The number of aliphatic hydroxyl groups is 1. The number of rotatable bonds is 6. The molecule has 110 valence electrons. The summed E-state index contributed by atoms with van der Waals surface area (Å²) in [5.74, 6) is -1.64. The molecule has 0 aliphatic heterocycles. The van der Waals surface area contributed by atoms with Crippen LogP contribution in [0.1, 0.15) is 12.5 Å². The maximum absolute atomic E-state index is 12.7. The molecule has 0 unspecified atom stereocenters. The Bertz CT molecular complexity index is 462. The van der Waals surface area contributed by atoms with Gasteiger partial charge in [-0.25, -0.2) is 14.0 Å². The summed E-state index contributed by atoms with van der Waals surface area (Å²) < 4.78 is 12.7. The Morgan fingerprint density at radius 1 is 1.30 bits per heavy atom.